The molecule has 1 aliphatic rings. The molecule has 1 heterocycles. The molecule has 0 aromatic heterocycles. The highest BCUT2D eigenvalue weighted by atomic mass is 35.5. The molecule has 156 valence electrons. The van der Waals surface area contributed by atoms with E-state index in [1.165, 1.54) is 12.1 Å². The lowest BCUT2D eigenvalue weighted by molar-refractivity contribution is -0.122. The van der Waals surface area contributed by atoms with Gasteiger partial charge >= 0.3 is 0 Å². The van der Waals surface area contributed by atoms with Crippen molar-refractivity contribution in [2.24, 2.45) is 0 Å². The van der Waals surface area contributed by atoms with Crippen molar-refractivity contribution in [1.82, 2.24) is 4.31 Å². The molecule has 8 heteroatoms. The Morgan fingerprint density at radius 1 is 1.03 bits per heavy atom. The molecule has 1 atom stereocenters. The summed E-state index contributed by atoms with van der Waals surface area (Å²) in [6.45, 7) is 2.73. The van der Waals surface area contributed by atoms with Gasteiger partial charge in [-0.2, -0.15) is 4.31 Å². The summed E-state index contributed by atoms with van der Waals surface area (Å²) in [6, 6.07) is 13.1. The number of benzene rings is 2. The number of nitrogens with zero attached hydrogens (tertiary/aromatic N) is 1. The SMILES string of the molecule is C[C@@H](Oc1ccccc1Cl)C(=O)Nc1ccc(S(=O)(=O)N2CCCCCC2)cc1. The molecule has 3 rings (SSSR count). The summed E-state index contributed by atoms with van der Waals surface area (Å²) in [7, 11) is -3.51. The van der Waals surface area contributed by atoms with Gasteiger partial charge in [0.1, 0.15) is 5.75 Å². The zero-order valence-corrected chi connectivity index (χ0v) is 17.9. The highest BCUT2D eigenvalue weighted by Gasteiger charge is 2.25. The fourth-order valence-corrected chi connectivity index (χ4v) is 4.87. The van der Waals surface area contributed by atoms with E-state index >= 15 is 0 Å². The summed E-state index contributed by atoms with van der Waals surface area (Å²) in [6.07, 6.45) is 3.12. The monoisotopic (exact) mass is 436 g/mol. The summed E-state index contributed by atoms with van der Waals surface area (Å²) in [5, 5.41) is 3.16. The van der Waals surface area contributed by atoms with Crippen LogP contribution < -0.4 is 10.1 Å². The van der Waals surface area contributed by atoms with Crippen LogP contribution in [-0.2, 0) is 14.8 Å². The predicted octanol–water partition coefficient (Wildman–Crippen LogP) is 4.31. The van der Waals surface area contributed by atoms with Gasteiger partial charge in [0.15, 0.2) is 6.10 Å². The van der Waals surface area contributed by atoms with Crippen molar-refractivity contribution in [3.05, 3.63) is 53.6 Å². The smallest absolute Gasteiger partial charge is 0.265 e. The van der Waals surface area contributed by atoms with Crippen molar-refractivity contribution in [2.75, 3.05) is 18.4 Å². The number of carbonyl (C=O) groups is 1. The zero-order valence-electron chi connectivity index (χ0n) is 16.3. The Morgan fingerprint density at radius 3 is 2.28 bits per heavy atom. The lowest BCUT2D eigenvalue weighted by Crippen LogP contribution is -2.32. The molecular formula is C21H25ClN2O4S. The van der Waals surface area contributed by atoms with E-state index in [9.17, 15) is 13.2 Å². The number of para-hydroxylation sites is 1. The van der Waals surface area contributed by atoms with Gasteiger partial charge in [-0.05, 0) is 56.2 Å². The molecule has 0 spiro atoms. The van der Waals surface area contributed by atoms with Crippen LogP contribution in [0.15, 0.2) is 53.4 Å². The van der Waals surface area contributed by atoms with E-state index in [1.54, 1.807) is 47.6 Å². The van der Waals surface area contributed by atoms with Crippen LogP contribution in [0.2, 0.25) is 5.02 Å². The second-order valence-corrected chi connectivity index (χ2v) is 9.37. The van der Waals surface area contributed by atoms with Gasteiger partial charge in [-0.25, -0.2) is 8.42 Å². The van der Waals surface area contributed by atoms with Gasteiger partial charge in [0.25, 0.3) is 5.91 Å². The van der Waals surface area contributed by atoms with Crippen molar-refractivity contribution < 1.29 is 17.9 Å². The minimum absolute atomic E-state index is 0.234. The Hall–Kier alpha value is -2.09. The third-order valence-corrected chi connectivity index (χ3v) is 7.06. The van der Waals surface area contributed by atoms with Crippen LogP contribution >= 0.6 is 11.6 Å². The van der Waals surface area contributed by atoms with Crippen molar-refractivity contribution in [3.63, 3.8) is 0 Å². The van der Waals surface area contributed by atoms with Gasteiger partial charge in [0, 0.05) is 18.8 Å². The molecule has 0 saturated carbocycles. The molecule has 0 aliphatic carbocycles. The van der Waals surface area contributed by atoms with E-state index in [1.807, 2.05) is 0 Å². The number of hydrogen-bond acceptors (Lipinski definition) is 4. The minimum atomic E-state index is -3.51. The number of carbonyl (C=O) groups excluding carboxylic acids is 1. The maximum absolute atomic E-state index is 12.8. The highest BCUT2D eigenvalue weighted by molar-refractivity contribution is 7.89. The molecule has 0 unspecified atom stereocenters. The lowest BCUT2D eigenvalue weighted by atomic mass is 10.2. The predicted molar refractivity (Wildman–Crippen MR) is 114 cm³/mol. The normalized spacial score (nSPS) is 16.6. The maximum Gasteiger partial charge on any atom is 0.265 e. The summed E-state index contributed by atoms with van der Waals surface area (Å²) in [4.78, 5) is 12.6. The average Bonchev–Trinajstić information content (AvgIpc) is 3.00. The van der Waals surface area contributed by atoms with Gasteiger partial charge in [-0.15, -0.1) is 0 Å². The third kappa shape index (κ3) is 5.50. The summed E-state index contributed by atoms with van der Waals surface area (Å²) in [5.41, 5.74) is 0.499. The molecule has 0 radical (unpaired) electrons. The third-order valence-electron chi connectivity index (χ3n) is 4.83. The molecule has 1 N–H and O–H groups in total. The van der Waals surface area contributed by atoms with Gasteiger partial charge in [0.05, 0.1) is 9.92 Å². The van der Waals surface area contributed by atoms with Crippen molar-refractivity contribution >= 4 is 33.2 Å². The fourth-order valence-electron chi connectivity index (χ4n) is 3.17. The molecule has 6 nitrogen and oxygen atoms in total. The van der Waals surface area contributed by atoms with Crippen LogP contribution in [0.3, 0.4) is 0 Å². The van der Waals surface area contributed by atoms with Crippen molar-refractivity contribution in [2.45, 2.75) is 43.6 Å². The minimum Gasteiger partial charge on any atom is -0.479 e. The molecule has 1 saturated heterocycles. The van der Waals surface area contributed by atoms with Crippen LogP contribution in [-0.4, -0.2) is 37.8 Å². The Labute approximate surface area is 176 Å². The van der Waals surface area contributed by atoms with Gasteiger partial charge in [-0.3, -0.25) is 4.79 Å². The molecular weight excluding hydrogens is 412 g/mol. The molecule has 2 aromatic carbocycles. The maximum atomic E-state index is 12.8. The second-order valence-electron chi connectivity index (χ2n) is 7.02. The number of sulfonamides is 1. The molecule has 1 aliphatic heterocycles. The topological polar surface area (TPSA) is 75.7 Å². The van der Waals surface area contributed by atoms with Crippen LogP contribution in [0.4, 0.5) is 5.69 Å². The van der Waals surface area contributed by atoms with E-state index in [4.69, 9.17) is 16.3 Å². The molecule has 2 aromatic rings. The van der Waals surface area contributed by atoms with Crippen molar-refractivity contribution in [1.29, 1.82) is 0 Å². The van der Waals surface area contributed by atoms with Crippen LogP contribution in [0.25, 0.3) is 0 Å². The first-order valence-electron chi connectivity index (χ1n) is 9.70. The van der Waals surface area contributed by atoms with E-state index < -0.39 is 16.1 Å². The number of nitrogens with one attached hydrogen (secondary N) is 1. The lowest BCUT2D eigenvalue weighted by Gasteiger charge is -2.20. The molecule has 1 amide bonds. The van der Waals surface area contributed by atoms with Crippen molar-refractivity contribution in [3.8, 4) is 5.75 Å². The molecule has 29 heavy (non-hydrogen) atoms. The quantitative estimate of drug-likeness (QED) is 0.732. The van der Waals surface area contributed by atoms with Crippen LogP contribution in [0.1, 0.15) is 32.6 Å². The Morgan fingerprint density at radius 2 is 1.66 bits per heavy atom. The summed E-state index contributed by atoms with van der Waals surface area (Å²) >= 11 is 6.05. The fraction of sp³-hybridized carbons (Fsp3) is 0.381. The number of anilines is 1. The van der Waals surface area contributed by atoms with E-state index in [-0.39, 0.29) is 10.8 Å². The first-order valence-corrected chi connectivity index (χ1v) is 11.5. The van der Waals surface area contributed by atoms with Gasteiger partial charge in [-0.1, -0.05) is 36.6 Å². The Bertz CT molecular complexity index is 939. The molecule has 0 bridgehead atoms. The molecule has 1 fully saturated rings. The first-order chi connectivity index (χ1) is 13.9. The van der Waals surface area contributed by atoms with Gasteiger partial charge in [0.2, 0.25) is 10.0 Å². The van der Waals surface area contributed by atoms with Crippen LogP contribution in [0.5, 0.6) is 5.75 Å². The number of rotatable bonds is 6. The standard InChI is InChI=1S/C21H25ClN2O4S/c1-16(28-20-9-5-4-8-19(20)22)21(25)23-17-10-12-18(13-11-17)29(26,27)24-14-6-2-3-7-15-24/h4-5,8-13,16H,2-3,6-7,14-15H2,1H3,(H,23,25)/t16-/m1/s1. The summed E-state index contributed by atoms with van der Waals surface area (Å²) < 4.78 is 32.8. The second kappa shape index (κ2) is 9.61. The largest absolute Gasteiger partial charge is 0.479 e. The number of halogens is 1. The summed E-state index contributed by atoms with van der Waals surface area (Å²) in [5.74, 6) is 0.0729. The Kier molecular flexibility index (Phi) is 7.16. The number of amides is 1. The van der Waals surface area contributed by atoms with Gasteiger partial charge < -0.3 is 10.1 Å². The van der Waals surface area contributed by atoms with E-state index in [0.29, 0.717) is 29.5 Å². The number of hydrogen-bond donors (Lipinski definition) is 1. The number of ether oxygens (including phenoxy) is 1. The van der Waals surface area contributed by atoms with E-state index in [0.717, 1.165) is 25.7 Å². The zero-order chi connectivity index (χ0) is 20.9. The Balaban J connectivity index is 1.63. The van der Waals surface area contributed by atoms with Crippen LogP contribution in [0, 0.1) is 0 Å². The highest BCUT2D eigenvalue weighted by Crippen LogP contribution is 2.25. The van der Waals surface area contributed by atoms with E-state index in [2.05, 4.69) is 5.32 Å². The average molecular weight is 437 g/mol. The first kappa shape index (κ1) is 21.6.